The number of para-hydroxylation sites is 2. The van der Waals surface area contributed by atoms with E-state index in [1.165, 1.54) is 17.3 Å². The highest BCUT2D eigenvalue weighted by atomic mass is 32.2. The smallest absolute Gasteiger partial charge is 0.237 e. The average Bonchev–Trinajstić information content (AvgIpc) is 2.91. The lowest BCUT2D eigenvalue weighted by molar-refractivity contribution is -0.115. The highest BCUT2D eigenvalue weighted by Gasteiger charge is 2.16. The molecule has 1 amide bonds. The van der Waals surface area contributed by atoms with Crippen molar-refractivity contribution >= 4 is 34.4 Å². The Hall–Kier alpha value is -2.27. The summed E-state index contributed by atoms with van der Waals surface area (Å²) in [6.07, 6.45) is 0. The number of nitrogens with one attached hydrogen (secondary N) is 2. The Labute approximate surface area is 133 Å². The minimum Gasteiger partial charge on any atom is -0.333 e. The molecule has 0 spiro atoms. The molecule has 2 N–H and O–H groups in total. The van der Waals surface area contributed by atoms with Crippen LogP contribution in [0.4, 0.5) is 5.69 Å². The lowest BCUT2D eigenvalue weighted by Gasteiger charge is -2.10. The predicted molar refractivity (Wildman–Crippen MR) is 91.2 cm³/mol. The number of nitrogens with zero attached hydrogens (tertiary/aromatic N) is 1. The van der Waals surface area contributed by atoms with Crippen molar-refractivity contribution in [2.24, 2.45) is 0 Å². The summed E-state index contributed by atoms with van der Waals surface area (Å²) in [5, 5.41) is 3.44. The quantitative estimate of drug-likeness (QED) is 0.716. The molecule has 1 aromatic heterocycles. The Morgan fingerprint density at radius 2 is 1.91 bits per heavy atom. The van der Waals surface area contributed by atoms with Crippen LogP contribution in [0.25, 0.3) is 11.0 Å². The van der Waals surface area contributed by atoms with E-state index in [2.05, 4.69) is 15.3 Å². The molecule has 0 aliphatic heterocycles. The van der Waals surface area contributed by atoms with Gasteiger partial charge in [-0.2, -0.15) is 0 Å². The predicted octanol–water partition coefficient (Wildman–Crippen LogP) is 3.99. The van der Waals surface area contributed by atoms with Crippen LogP contribution in [0.5, 0.6) is 0 Å². The Balaban J connectivity index is 1.66. The minimum absolute atomic E-state index is 0.0330. The molecule has 5 heteroatoms. The van der Waals surface area contributed by atoms with Crippen molar-refractivity contribution in [2.45, 2.75) is 24.3 Å². The van der Waals surface area contributed by atoms with Gasteiger partial charge in [0.25, 0.3) is 0 Å². The Kier molecular flexibility index (Phi) is 4.15. The first-order valence-electron chi connectivity index (χ1n) is 7.11. The summed E-state index contributed by atoms with van der Waals surface area (Å²) < 4.78 is 0. The fourth-order valence-electron chi connectivity index (χ4n) is 2.09. The Morgan fingerprint density at radius 3 is 2.64 bits per heavy atom. The van der Waals surface area contributed by atoms with Crippen LogP contribution in [0.2, 0.25) is 0 Å². The Morgan fingerprint density at radius 1 is 1.18 bits per heavy atom. The number of imidazole rings is 1. The average molecular weight is 311 g/mol. The van der Waals surface area contributed by atoms with Crippen LogP contribution >= 0.6 is 11.8 Å². The molecule has 1 atom stereocenters. The molecule has 1 heterocycles. The fourth-order valence-corrected chi connectivity index (χ4v) is 2.91. The zero-order valence-electron chi connectivity index (χ0n) is 12.5. The molecular weight excluding hydrogens is 294 g/mol. The molecule has 22 heavy (non-hydrogen) atoms. The molecule has 0 unspecified atom stereocenters. The summed E-state index contributed by atoms with van der Waals surface area (Å²) >= 11 is 1.42. The number of hydrogen-bond acceptors (Lipinski definition) is 3. The minimum atomic E-state index is -0.234. The highest BCUT2D eigenvalue weighted by molar-refractivity contribution is 8.00. The van der Waals surface area contributed by atoms with Crippen LogP contribution in [-0.4, -0.2) is 21.1 Å². The molecule has 0 saturated carbocycles. The second-order valence-electron chi connectivity index (χ2n) is 5.17. The van der Waals surface area contributed by atoms with Crippen LogP contribution < -0.4 is 5.32 Å². The summed E-state index contributed by atoms with van der Waals surface area (Å²) in [5.74, 6) is -0.0330. The van der Waals surface area contributed by atoms with Crippen LogP contribution in [0.1, 0.15) is 12.5 Å². The second-order valence-corrected chi connectivity index (χ2v) is 6.50. The van der Waals surface area contributed by atoms with Gasteiger partial charge in [0.2, 0.25) is 5.91 Å². The third kappa shape index (κ3) is 3.31. The van der Waals surface area contributed by atoms with Crippen molar-refractivity contribution in [3.05, 3.63) is 54.1 Å². The van der Waals surface area contributed by atoms with Crippen molar-refractivity contribution in [1.29, 1.82) is 0 Å². The van der Waals surface area contributed by atoms with E-state index < -0.39 is 0 Å². The molecule has 2 aromatic carbocycles. The molecule has 3 rings (SSSR count). The maximum Gasteiger partial charge on any atom is 0.237 e. The number of hydrogen-bond donors (Lipinski definition) is 2. The Bertz CT molecular complexity index is 762. The summed E-state index contributed by atoms with van der Waals surface area (Å²) in [5.41, 5.74) is 3.88. The molecule has 0 saturated heterocycles. The molecule has 0 fully saturated rings. The van der Waals surface area contributed by atoms with Gasteiger partial charge in [-0.25, -0.2) is 4.98 Å². The fraction of sp³-hybridized carbons (Fsp3) is 0.176. The van der Waals surface area contributed by atoms with Crippen molar-refractivity contribution < 1.29 is 4.79 Å². The van der Waals surface area contributed by atoms with E-state index in [9.17, 15) is 4.79 Å². The van der Waals surface area contributed by atoms with E-state index in [0.717, 1.165) is 21.9 Å². The van der Waals surface area contributed by atoms with Crippen molar-refractivity contribution in [3.8, 4) is 0 Å². The number of aryl methyl sites for hydroxylation is 1. The number of carbonyl (C=O) groups is 1. The monoisotopic (exact) mass is 311 g/mol. The summed E-state index contributed by atoms with van der Waals surface area (Å²) in [6.45, 7) is 3.90. The maximum atomic E-state index is 12.2. The topological polar surface area (TPSA) is 57.8 Å². The van der Waals surface area contributed by atoms with Gasteiger partial charge in [0, 0.05) is 5.69 Å². The van der Waals surface area contributed by atoms with Gasteiger partial charge in [-0.05, 0) is 38.1 Å². The molecular formula is C17H17N3OS. The van der Waals surface area contributed by atoms with Crippen LogP contribution in [0, 0.1) is 6.92 Å². The van der Waals surface area contributed by atoms with Gasteiger partial charge in [0.15, 0.2) is 5.16 Å². The van der Waals surface area contributed by atoms with Gasteiger partial charge in [-0.3, -0.25) is 4.79 Å². The van der Waals surface area contributed by atoms with Gasteiger partial charge in [0.1, 0.15) is 0 Å². The number of anilines is 1. The lowest BCUT2D eigenvalue weighted by atomic mass is 10.2. The molecule has 3 aromatic rings. The molecule has 4 nitrogen and oxygen atoms in total. The van der Waals surface area contributed by atoms with E-state index in [-0.39, 0.29) is 11.2 Å². The number of fused-ring (bicyclic) bond motifs is 1. The SMILES string of the molecule is Cc1ccc(NC(=O)[C@@H](C)Sc2nc3ccccc3[nH]2)cc1. The zero-order chi connectivity index (χ0) is 15.5. The summed E-state index contributed by atoms with van der Waals surface area (Å²) in [4.78, 5) is 19.9. The van der Waals surface area contributed by atoms with Gasteiger partial charge < -0.3 is 10.3 Å². The zero-order valence-corrected chi connectivity index (χ0v) is 13.3. The van der Waals surface area contributed by atoms with Crippen molar-refractivity contribution in [2.75, 3.05) is 5.32 Å². The van der Waals surface area contributed by atoms with Crippen LogP contribution in [0.3, 0.4) is 0 Å². The van der Waals surface area contributed by atoms with Crippen LogP contribution in [0.15, 0.2) is 53.7 Å². The largest absolute Gasteiger partial charge is 0.333 e. The second kappa shape index (κ2) is 6.23. The third-order valence-electron chi connectivity index (χ3n) is 3.34. The number of carbonyl (C=O) groups excluding carboxylic acids is 1. The number of amides is 1. The first kappa shape index (κ1) is 14.7. The number of aromatic amines is 1. The maximum absolute atomic E-state index is 12.2. The molecule has 0 aliphatic carbocycles. The van der Waals surface area contributed by atoms with E-state index in [4.69, 9.17) is 0 Å². The van der Waals surface area contributed by atoms with Crippen molar-refractivity contribution in [3.63, 3.8) is 0 Å². The van der Waals surface area contributed by atoms with Crippen molar-refractivity contribution in [1.82, 2.24) is 9.97 Å². The van der Waals surface area contributed by atoms with E-state index in [1.54, 1.807) is 0 Å². The number of aromatic nitrogens is 2. The molecule has 112 valence electrons. The van der Waals surface area contributed by atoms with E-state index in [1.807, 2.05) is 62.4 Å². The van der Waals surface area contributed by atoms with E-state index in [0.29, 0.717) is 0 Å². The first-order chi connectivity index (χ1) is 10.6. The third-order valence-corrected chi connectivity index (χ3v) is 4.33. The number of benzene rings is 2. The summed E-state index contributed by atoms with van der Waals surface area (Å²) in [6, 6.07) is 15.6. The normalized spacial score (nSPS) is 12.3. The van der Waals surface area contributed by atoms with Gasteiger partial charge >= 0.3 is 0 Å². The van der Waals surface area contributed by atoms with Crippen LogP contribution in [-0.2, 0) is 4.79 Å². The van der Waals surface area contributed by atoms with Gasteiger partial charge in [-0.1, -0.05) is 41.6 Å². The molecule has 0 bridgehead atoms. The lowest BCUT2D eigenvalue weighted by Crippen LogP contribution is -2.22. The van der Waals surface area contributed by atoms with Gasteiger partial charge in [0.05, 0.1) is 16.3 Å². The van der Waals surface area contributed by atoms with E-state index >= 15 is 0 Å². The molecule has 0 aliphatic rings. The molecule has 0 radical (unpaired) electrons. The summed E-state index contributed by atoms with van der Waals surface area (Å²) in [7, 11) is 0. The highest BCUT2D eigenvalue weighted by Crippen LogP contribution is 2.24. The number of H-pyrrole nitrogens is 1. The number of rotatable bonds is 4. The number of thioether (sulfide) groups is 1. The standard InChI is InChI=1S/C17H17N3OS/c1-11-7-9-13(10-8-11)18-16(21)12(2)22-17-19-14-5-3-4-6-15(14)20-17/h3-10,12H,1-2H3,(H,18,21)(H,19,20)/t12-/m1/s1. The van der Waals surface area contributed by atoms with Gasteiger partial charge in [-0.15, -0.1) is 0 Å². The first-order valence-corrected chi connectivity index (χ1v) is 7.99.